The van der Waals surface area contributed by atoms with Gasteiger partial charge in [-0.3, -0.25) is 4.79 Å². The molecule has 0 fully saturated rings. The summed E-state index contributed by atoms with van der Waals surface area (Å²) >= 11 is 11.6. The minimum atomic E-state index is -0.331. The van der Waals surface area contributed by atoms with E-state index in [0.717, 1.165) is 5.69 Å². The van der Waals surface area contributed by atoms with E-state index in [2.05, 4.69) is 5.32 Å². The van der Waals surface area contributed by atoms with Gasteiger partial charge in [0.25, 0.3) is 0 Å². The lowest BCUT2D eigenvalue weighted by Gasteiger charge is -2.10. The van der Waals surface area contributed by atoms with E-state index in [1.807, 2.05) is 0 Å². The summed E-state index contributed by atoms with van der Waals surface area (Å²) in [6, 6.07) is 5.20. The highest BCUT2D eigenvalue weighted by Gasteiger charge is 2.08. The molecule has 1 amide bonds. The van der Waals surface area contributed by atoms with Crippen LogP contribution in [0.4, 0.5) is 5.69 Å². The van der Waals surface area contributed by atoms with Gasteiger partial charge in [-0.05, 0) is 18.2 Å². The molecule has 0 aliphatic rings. The number of carbonyl (C=O) groups excluding carboxylic acids is 1. The van der Waals surface area contributed by atoms with Crippen LogP contribution in [0.2, 0.25) is 10.0 Å². The fraction of sp³-hybridized carbons (Fsp3) is 0.300. The minimum Gasteiger partial charge on any atom is -0.384 e. The smallest absolute Gasteiger partial charge is 0.222 e. The van der Waals surface area contributed by atoms with Gasteiger partial charge in [-0.15, -0.1) is 0 Å². The number of amides is 1. The topological polar surface area (TPSA) is 55.1 Å². The van der Waals surface area contributed by atoms with E-state index in [4.69, 9.17) is 28.9 Å². The second kappa shape index (κ2) is 5.24. The lowest BCUT2D eigenvalue weighted by atomic mass is 10.1. The molecule has 0 aromatic heterocycles. The molecule has 0 saturated heterocycles. The summed E-state index contributed by atoms with van der Waals surface area (Å²) in [6.07, 6.45) is 0. The molecule has 0 aliphatic carbocycles. The van der Waals surface area contributed by atoms with Crippen molar-refractivity contribution in [3.05, 3.63) is 28.2 Å². The molecule has 0 bridgehead atoms. The van der Waals surface area contributed by atoms with Gasteiger partial charge in [-0.25, -0.2) is 0 Å². The number of carbonyl (C=O) groups is 1. The van der Waals surface area contributed by atoms with Gasteiger partial charge >= 0.3 is 0 Å². The van der Waals surface area contributed by atoms with E-state index in [1.54, 1.807) is 25.1 Å². The zero-order valence-corrected chi connectivity index (χ0v) is 9.77. The van der Waals surface area contributed by atoms with E-state index in [-0.39, 0.29) is 11.8 Å². The largest absolute Gasteiger partial charge is 0.384 e. The lowest BCUT2D eigenvalue weighted by Crippen LogP contribution is -2.26. The molecule has 82 valence electrons. The van der Waals surface area contributed by atoms with Gasteiger partial charge in [-0.2, -0.15) is 0 Å². The number of nitrogens with one attached hydrogen (secondary N) is 1. The average Bonchev–Trinajstić information content (AvgIpc) is 2.19. The quantitative estimate of drug-likeness (QED) is 0.858. The van der Waals surface area contributed by atoms with Gasteiger partial charge in [0.15, 0.2) is 0 Å². The number of benzene rings is 1. The Morgan fingerprint density at radius 1 is 1.47 bits per heavy atom. The van der Waals surface area contributed by atoms with Crippen molar-refractivity contribution in [1.29, 1.82) is 0 Å². The maximum Gasteiger partial charge on any atom is 0.222 e. The Kier molecular flexibility index (Phi) is 4.24. The van der Waals surface area contributed by atoms with Crippen molar-refractivity contribution < 1.29 is 4.79 Å². The van der Waals surface area contributed by atoms with Crippen LogP contribution in [0.1, 0.15) is 6.92 Å². The van der Waals surface area contributed by atoms with Crippen LogP contribution >= 0.6 is 23.2 Å². The summed E-state index contributed by atoms with van der Waals surface area (Å²) in [7, 11) is 0. The summed E-state index contributed by atoms with van der Waals surface area (Å²) < 4.78 is 0. The van der Waals surface area contributed by atoms with Crippen molar-refractivity contribution in [2.75, 3.05) is 11.9 Å². The second-order valence-corrected chi connectivity index (χ2v) is 4.13. The second-order valence-electron chi connectivity index (χ2n) is 3.31. The molecule has 1 unspecified atom stereocenters. The van der Waals surface area contributed by atoms with E-state index < -0.39 is 0 Å². The first-order chi connectivity index (χ1) is 7.00. The predicted octanol–water partition coefficient (Wildman–Crippen LogP) is 2.53. The van der Waals surface area contributed by atoms with Gasteiger partial charge < -0.3 is 11.1 Å². The van der Waals surface area contributed by atoms with Crippen LogP contribution in [-0.2, 0) is 4.79 Å². The molecule has 0 spiro atoms. The van der Waals surface area contributed by atoms with Gasteiger partial charge in [-0.1, -0.05) is 30.1 Å². The number of nitrogens with two attached hydrogens (primary N) is 1. The zero-order valence-electron chi connectivity index (χ0n) is 8.26. The summed E-state index contributed by atoms with van der Waals surface area (Å²) in [5.41, 5.74) is 5.95. The van der Waals surface area contributed by atoms with Gasteiger partial charge in [0.05, 0.1) is 16.0 Å². The minimum absolute atomic E-state index is 0.223. The highest BCUT2D eigenvalue weighted by atomic mass is 35.5. The molecule has 1 aromatic carbocycles. The molecule has 15 heavy (non-hydrogen) atoms. The molecular weight excluding hydrogens is 235 g/mol. The van der Waals surface area contributed by atoms with E-state index >= 15 is 0 Å². The van der Waals surface area contributed by atoms with Crippen LogP contribution in [0, 0.1) is 5.92 Å². The number of rotatable bonds is 4. The first kappa shape index (κ1) is 12.1. The first-order valence-electron chi connectivity index (χ1n) is 4.49. The van der Waals surface area contributed by atoms with E-state index in [9.17, 15) is 4.79 Å². The van der Waals surface area contributed by atoms with Crippen molar-refractivity contribution in [2.24, 2.45) is 11.7 Å². The molecule has 0 aliphatic heterocycles. The maximum absolute atomic E-state index is 10.8. The fourth-order valence-corrected chi connectivity index (χ4v) is 1.28. The van der Waals surface area contributed by atoms with Crippen molar-refractivity contribution in [1.82, 2.24) is 0 Å². The molecule has 0 heterocycles. The van der Waals surface area contributed by atoms with Crippen molar-refractivity contribution in [2.45, 2.75) is 6.92 Å². The third-order valence-electron chi connectivity index (χ3n) is 2.02. The van der Waals surface area contributed by atoms with Crippen LogP contribution in [-0.4, -0.2) is 12.5 Å². The number of hydrogen-bond donors (Lipinski definition) is 2. The van der Waals surface area contributed by atoms with Gasteiger partial charge in [0.1, 0.15) is 0 Å². The SMILES string of the molecule is CC(CNc1ccc(Cl)c(Cl)c1)C(N)=O. The number of primary amides is 1. The molecule has 3 nitrogen and oxygen atoms in total. The summed E-state index contributed by atoms with van der Waals surface area (Å²) in [5, 5.41) is 4.03. The van der Waals surface area contributed by atoms with Crippen LogP contribution < -0.4 is 11.1 Å². The Labute approximate surface area is 98.5 Å². The molecule has 1 atom stereocenters. The maximum atomic E-state index is 10.8. The highest BCUT2D eigenvalue weighted by molar-refractivity contribution is 6.42. The van der Waals surface area contributed by atoms with Gasteiger partial charge in [0.2, 0.25) is 5.91 Å². The van der Waals surface area contributed by atoms with Crippen molar-refractivity contribution in [3.63, 3.8) is 0 Å². The van der Waals surface area contributed by atoms with Gasteiger partial charge in [0, 0.05) is 12.2 Å². The van der Waals surface area contributed by atoms with Crippen molar-refractivity contribution >= 4 is 34.8 Å². The Hall–Kier alpha value is -0.930. The predicted molar refractivity (Wildman–Crippen MR) is 63.3 cm³/mol. The Balaban J connectivity index is 2.58. The normalized spacial score (nSPS) is 12.2. The monoisotopic (exact) mass is 246 g/mol. The Morgan fingerprint density at radius 2 is 2.13 bits per heavy atom. The number of halogens is 2. The third-order valence-corrected chi connectivity index (χ3v) is 2.76. The third kappa shape index (κ3) is 3.61. The summed E-state index contributed by atoms with van der Waals surface area (Å²) in [5.74, 6) is -0.554. The zero-order chi connectivity index (χ0) is 11.4. The first-order valence-corrected chi connectivity index (χ1v) is 5.24. The molecule has 0 saturated carbocycles. The highest BCUT2D eigenvalue weighted by Crippen LogP contribution is 2.24. The molecule has 5 heteroatoms. The average molecular weight is 247 g/mol. The van der Waals surface area contributed by atoms with E-state index in [0.29, 0.717) is 16.6 Å². The molecule has 1 aromatic rings. The summed E-state index contributed by atoms with van der Waals surface area (Å²) in [4.78, 5) is 10.8. The molecule has 0 radical (unpaired) electrons. The Morgan fingerprint density at radius 3 is 2.67 bits per heavy atom. The van der Waals surface area contributed by atoms with Crippen LogP contribution in [0.3, 0.4) is 0 Å². The molecule has 1 rings (SSSR count). The standard InChI is InChI=1S/C10H12Cl2N2O/c1-6(10(13)15)5-14-7-2-3-8(11)9(12)4-7/h2-4,6,14H,5H2,1H3,(H2,13,15). The van der Waals surface area contributed by atoms with Crippen LogP contribution in [0.15, 0.2) is 18.2 Å². The van der Waals surface area contributed by atoms with Crippen molar-refractivity contribution in [3.8, 4) is 0 Å². The number of anilines is 1. The summed E-state index contributed by atoms with van der Waals surface area (Å²) in [6.45, 7) is 2.24. The molecule has 3 N–H and O–H groups in total. The Bertz CT molecular complexity index is 368. The fourth-order valence-electron chi connectivity index (χ4n) is 0.978. The number of hydrogen-bond acceptors (Lipinski definition) is 2. The lowest BCUT2D eigenvalue weighted by molar-refractivity contribution is -0.120. The molecular formula is C10H12Cl2N2O. The van der Waals surface area contributed by atoms with Crippen LogP contribution in [0.5, 0.6) is 0 Å². The van der Waals surface area contributed by atoms with Crippen LogP contribution in [0.25, 0.3) is 0 Å². The van der Waals surface area contributed by atoms with E-state index in [1.165, 1.54) is 0 Å².